The maximum absolute atomic E-state index is 12.5. The van der Waals surface area contributed by atoms with Crippen LogP contribution in [0.25, 0.3) is 10.9 Å². The summed E-state index contributed by atoms with van der Waals surface area (Å²) in [5, 5.41) is 1.80. The summed E-state index contributed by atoms with van der Waals surface area (Å²) in [6, 6.07) is 7.18. The molecule has 0 spiro atoms. The summed E-state index contributed by atoms with van der Waals surface area (Å²) < 4.78 is 27.5. The van der Waals surface area contributed by atoms with E-state index in [1.54, 1.807) is 12.1 Å². The van der Waals surface area contributed by atoms with E-state index in [9.17, 15) is 8.42 Å². The van der Waals surface area contributed by atoms with E-state index in [-0.39, 0.29) is 14.9 Å². The summed E-state index contributed by atoms with van der Waals surface area (Å²) in [6.45, 7) is 0. The van der Waals surface area contributed by atoms with Crippen LogP contribution in [0.5, 0.6) is 0 Å². The van der Waals surface area contributed by atoms with E-state index in [0.29, 0.717) is 26.6 Å². The van der Waals surface area contributed by atoms with Crippen molar-refractivity contribution in [2.45, 2.75) is 4.90 Å². The molecule has 2 N–H and O–H groups in total. The number of halogens is 4. The van der Waals surface area contributed by atoms with Gasteiger partial charge >= 0.3 is 0 Å². The number of fused-ring (bicyclic) bond motifs is 1. The van der Waals surface area contributed by atoms with Gasteiger partial charge in [0.15, 0.2) is 0 Å². The van der Waals surface area contributed by atoms with Gasteiger partial charge in [0.1, 0.15) is 0 Å². The Kier molecular flexibility index (Phi) is 4.42. The zero-order valence-corrected chi connectivity index (χ0v) is 15.0. The van der Waals surface area contributed by atoms with Gasteiger partial charge in [-0.25, -0.2) is 8.42 Å². The van der Waals surface area contributed by atoms with Gasteiger partial charge in [0.25, 0.3) is 10.0 Å². The maximum atomic E-state index is 12.5. The Labute approximate surface area is 152 Å². The fraction of sp³-hybridized carbons (Fsp3) is 0. The van der Waals surface area contributed by atoms with E-state index in [1.807, 2.05) is 0 Å². The average molecular weight is 410 g/mol. The lowest BCUT2D eigenvalue weighted by Gasteiger charge is -2.10. The van der Waals surface area contributed by atoms with Crippen LogP contribution >= 0.6 is 46.4 Å². The third-order valence-corrected chi connectivity index (χ3v) is 5.52. The largest absolute Gasteiger partial charge is 0.358 e. The highest BCUT2D eigenvalue weighted by Crippen LogP contribution is 2.35. The van der Waals surface area contributed by atoms with Gasteiger partial charge < -0.3 is 4.98 Å². The van der Waals surface area contributed by atoms with Gasteiger partial charge in [0.2, 0.25) is 0 Å². The third-order valence-electron chi connectivity index (χ3n) is 3.13. The molecule has 1 aromatic heterocycles. The van der Waals surface area contributed by atoms with Crippen LogP contribution in [0.3, 0.4) is 0 Å². The Hall–Kier alpha value is -1.11. The van der Waals surface area contributed by atoms with Crippen LogP contribution in [0, 0.1) is 0 Å². The Balaban J connectivity index is 2.09. The molecule has 0 saturated heterocycles. The summed E-state index contributed by atoms with van der Waals surface area (Å²) >= 11 is 23.9. The van der Waals surface area contributed by atoms with Crippen molar-refractivity contribution in [2.24, 2.45) is 0 Å². The molecule has 3 aromatic rings. The first-order valence-corrected chi connectivity index (χ1v) is 9.21. The Morgan fingerprint density at radius 1 is 0.913 bits per heavy atom. The zero-order valence-electron chi connectivity index (χ0n) is 11.2. The minimum Gasteiger partial charge on any atom is -0.358 e. The zero-order chi connectivity index (χ0) is 16.8. The molecular formula is C14H8Cl4N2O2S. The Morgan fingerprint density at radius 3 is 2.22 bits per heavy atom. The maximum Gasteiger partial charge on any atom is 0.262 e. The predicted octanol–water partition coefficient (Wildman–Crippen LogP) is 5.58. The molecule has 1 heterocycles. The second-order valence-corrected chi connectivity index (χ2v) is 8.06. The minimum absolute atomic E-state index is 0.0456. The number of aromatic nitrogens is 1. The first-order valence-electron chi connectivity index (χ1n) is 6.22. The number of H-pyrrole nitrogens is 1. The van der Waals surface area contributed by atoms with Crippen LogP contribution in [0.15, 0.2) is 41.4 Å². The van der Waals surface area contributed by atoms with Crippen LogP contribution in [0.2, 0.25) is 20.1 Å². The first-order chi connectivity index (χ1) is 10.8. The molecule has 23 heavy (non-hydrogen) atoms. The molecule has 120 valence electrons. The number of benzene rings is 2. The highest BCUT2D eigenvalue weighted by molar-refractivity contribution is 7.92. The van der Waals surface area contributed by atoms with Crippen molar-refractivity contribution in [3.63, 3.8) is 0 Å². The molecule has 0 bridgehead atoms. The average Bonchev–Trinajstić information content (AvgIpc) is 2.84. The van der Waals surface area contributed by atoms with E-state index >= 15 is 0 Å². The molecule has 0 saturated carbocycles. The molecule has 0 aliphatic rings. The SMILES string of the molecule is O=S(=O)(Nc1ccc(Cl)c2c(Cl)c[nH]c12)c1cc(Cl)cc(Cl)c1. The fourth-order valence-electron chi connectivity index (χ4n) is 2.14. The number of rotatable bonds is 3. The molecule has 0 aliphatic heterocycles. The lowest BCUT2D eigenvalue weighted by Crippen LogP contribution is -2.13. The molecule has 0 aliphatic carbocycles. The summed E-state index contributed by atoms with van der Waals surface area (Å²) in [6.07, 6.45) is 1.53. The van der Waals surface area contributed by atoms with Crippen LogP contribution in [0.1, 0.15) is 0 Å². The van der Waals surface area contributed by atoms with Crippen molar-refractivity contribution in [3.8, 4) is 0 Å². The van der Waals surface area contributed by atoms with Gasteiger partial charge in [-0.3, -0.25) is 4.72 Å². The molecule has 0 amide bonds. The van der Waals surface area contributed by atoms with Crippen LogP contribution in [0.4, 0.5) is 5.69 Å². The first kappa shape index (κ1) is 16.7. The third kappa shape index (κ3) is 3.25. The second kappa shape index (κ2) is 6.07. The van der Waals surface area contributed by atoms with E-state index in [0.717, 1.165) is 0 Å². The molecule has 0 radical (unpaired) electrons. The second-order valence-electron chi connectivity index (χ2n) is 4.69. The van der Waals surface area contributed by atoms with Crippen molar-refractivity contribution in [1.82, 2.24) is 4.98 Å². The molecule has 0 atom stereocenters. The lowest BCUT2D eigenvalue weighted by molar-refractivity contribution is 0.601. The van der Waals surface area contributed by atoms with Crippen LogP contribution < -0.4 is 4.72 Å². The van der Waals surface area contributed by atoms with E-state index in [2.05, 4.69) is 9.71 Å². The van der Waals surface area contributed by atoms with E-state index in [1.165, 1.54) is 24.4 Å². The van der Waals surface area contributed by atoms with Gasteiger partial charge in [-0.05, 0) is 30.3 Å². The van der Waals surface area contributed by atoms with Gasteiger partial charge in [-0.1, -0.05) is 46.4 Å². The van der Waals surface area contributed by atoms with Gasteiger partial charge in [0.05, 0.1) is 26.1 Å². The number of hydrogen-bond donors (Lipinski definition) is 2. The van der Waals surface area contributed by atoms with Crippen LogP contribution in [-0.2, 0) is 10.0 Å². The molecule has 0 unspecified atom stereocenters. The summed E-state index contributed by atoms with van der Waals surface area (Å²) in [4.78, 5) is 2.85. The molecular weight excluding hydrogens is 402 g/mol. The molecule has 4 nitrogen and oxygen atoms in total. The van der Waals surface area contributed by atoms with E-state index < -0.39 is 10.0 Å². The van der Waals surface area contributed by atoms with Gasteiger partial charge in [0, 0.05) is 21.6 Å². The number of aromatic amines is 1. The Bertz CT molecular complexity index is 995. The van der Waals surface area contributed by atoms with Crippen molar-refractivity contribution in [2.75, 3.05) is 4.72 Å². The highest BCUT2D eigenvalue weighted by atomic mass is 35.5. The molecule has 9 heteroatoms. The van der Waals surface area contributed by atoms with E-state index in [4.69, 9.17) is 46.4 Å². The number of sulfonamides is 1. The number of anilines is 1. The fourth-order valence-corrected chi connectivity index (χ4v) is 4.50. The Morgan fingerprint density at radius 2 is 1.57 bits per heavy atom. The van der Waals surface area contributed by atoms with Crippen molar-refractivity contribution in [3.05, 3.63) is 56.6 Å². The van der Waals surface area contributed by atoms with Crippen molar-refractivity contribution in [1.29, 1.82) is 0 Å². The van der Waals surface area contributed by atoms with Gasteiger partial charge in [-0.15, -0.1) is 0 Å². The van der Waals surface area contributed by atoms with Gasteiger partial charge in [-0.2, -0.15) is 0 Å². The van der Waals surface area contributed by atoms with Crippen LogP contribution in [-0.4, -0.2) is 13.4 Å². The summed E-state index contributed by atoms with van der Waals surface area (Å²) in [5.41, 5.74) is 0.798. The van der Waals surface area contributed by atoms with Crippen molar-refractivity contribution >= 4 is 73.0 Å². The smallest absolute Gasteiger partial charge is 0.262 e. The standard InChI is InChI=1S/C14H8Cl4N2O2S/c15-7-3-8(16)5-9(4-7)23(21,22)20-12-2-1-10(17)13-11(18)6-19-14(12)13/h1-6,19-20H. The quantitative estimate of drug-likeness (QED) is 0.592. The highest BCUT2D eigenvalue weighted by Gasteiger charge is 2.19. The molecule has 0 fully saturated rings. The summed E-state index contributed by atoms with van der Waals surface area (Å²) in [5.74, 6) is 0. The monoisotopic (exact) mass is 408 g/mol. The normalized spacial score (nSPS) is 11.8. The predicted molar refractivity (Wildman–Crippen MR) is 95.6 cm³/mol. The minimum atomic E-state index is -3.88. The number of nitrogens with one attached hydrogen (secondary N) is 2. The number of hydrogen-bond acceptors (Lipinski definition) is 2. The molecule has 2 aromatic carbocycles. The molecule has 3 rings (SSSR count). The van der Waals surface area contributed by atoms with Crippen molar-refractivity contribution < 1.29 is 8.42 Å². The lowest BCUT2D eigenvalue weighted by atomic mass is 10.2. The summed E-state index contributed by atoms with van der Waals surface area (Å²) in [7, 11) is -3.88. The topological polar surface area (TPSA) is 62.0 Å².